The van der Waals surface area contributed by atoms with E-state index >= 15 is 0 Å². The van der Waals surface area contributed by atoms with Gasteiger partial charge in [0.2, 0.25) is 0 Å². The standard InChI is InChI=1S/C10H13BO5/c1-2-15-10(12)7-8-3-5-9(6-4-8)16-11(13)14/h3-6,13-14H,2,7H2,1H3. The highest BCUT2D eigenvalue weighted by atomic mass is 16.6. The average molecular weight is 224 g/mol. The maximum absolute atomic E-state index is 11.1. The Labute approximate surface area is 93.8 Å². The maximum atomic E-state index is 11.1. The Kier molecular flexibility index (Phi) is 4.82. The van der Waals surface area contributed by atoms with Crippen molar-refractivity contribution >= 4 is 13.3 Å². The number of esters is 1. The lowest BCUT2D eigenvalue weighted by atomic mass is 10.1. The summed E-state index contributed by atoms with van der Waals surface area (Å²) in [5.41, 5.74) is 0.776. The molecule has 5 nitrogen and oxygen atoms in total. The number of carbonyl (C=O) groups excluding carboxylic acids is 1. The number of rotatable bonds is 5. The zero-order valence-electron chi connectivity index (χ0n) is 8.92. The molecule has 0 spiro atoms. The lowest BCUT2D eigenvalue weighted by molar-refractivity contribution is -0.142. The van der Waals surface area contributed by atoms with Crippen LogP contribution in [0.5, 0.6) is 5.75 Å². The van der Waals surface area contributed by atoms with E-state index in [2.05, 4.69) is 4.65 Å². The maximum Gasteiger partial charge on any atom is 0.707 e. The van der Waals surface area contributed by atoms with Gasteiger partial charge < -0.3 is 19.4 Å². The van der Waals surface area contributed by atoms with Crippen molar-refractivity contribution in [3.05, 3.63) is 29.8 Å². The molecule has 0 heterocycles. The third kappa shape index (κ3) is 4.33. The fraction of sp³-hybridized carbons (Fsp3) is 0.300. The minimum atomic E-state index is -1.84. The first-order valence-electron chi connectivity index (χ1n) is 4.89. The molecule has 1 aromatic carbocycles. The number of hydrogen-bond acceptors (Lipinski definition) is 5. The van der Waals surface area contributed by atoms with Crippen LogP contribution in [-0.2, 0) is 16.0 Å². The summed E-state index contributed by atoms with van der Waals surface area (Å²) < 4.78 is 9.41. The largest absolute Gasteiger partial charge is 0.707 e. The van der Waals surface area contributed by atoms with Crippen LogP contribution in [0.1, 0.15) is 12.5 Å². The van der Waals surface area contributed by atoms with Crippen LogP contribution in [0.15, 0.2) is 24.3 Å². The third-order valence-corrected chi connectivity index (χ3v) is 1.82. The molecule has 0 aliphatic rings. The van der Waals surface area contributed by atoms with Crippen LogP contribution in [0.4, 0.5) is 0 Å². The van der Waals surface area contributed by atoms with Crippen molar-refractivity contribution in [2.24, 2.45) is 0 Å². The molecule has 0 aliphatic carbocycles. The Morgan fingerprint density at radius 2 is 1.94 bits per heavy atom. The SMILES string of the molecule is CCOC(=O)Cc1ccc(OB(O)O)cc1. The van der Waals surface area contributed by atoms with Gasteiger partial charge in [-0.15, -0.1) is 0 Å². The molecule has 0 unspecified atom stereocenters. The second-order valence-electron chi connectivity index (χ2n) is 3.07. The van der Waals surface area contributed by atoms with Crippen LogP contribution in [-0.4, -0.2) is 29.9 Å². The van der Waals surface area contributed by atoms with Gasteiger partial charge in [-0.2, -0.15) is 0 Å². The van der Waals surface area contributed by atoms with Crippen LogP contribution < -0.4 is 4.65 Å². The van der Waals surface area contributed by atoms with E-state index in [-0.39, 0.29) is 12.4 Å². The van der Waals surface area contributed by atoms with Gasteiger partial charge in [0.1, 0.15) is 5.75 Å². The summed E-state index contributed by atoms with van der Waals surface area (Å²) in [5, 5.41) is 17.1. The van der Waals surface area contributed by atoms with Crippen LogP contribution in [0.25, 0.3) is 0 Å². The van der Waals surface area contributed by atoms with Crippen LogP contribution in [0.2, 0.25) is 0 Å². The highest BCUT2D eigenvalue weighted by Crippen LogP contribution is 2.13. The van der Waals surface area contributed by atoms with Gasteiger partial charge >= 0.3 is 13.3 Å². The second-order valence-corrected chi connectivity index (χ2v) is 3.07. The first-order valence-corrected chi connectivity index (χ1v) is 4.89. The molecule has 0 radical (unpaired) electrons. The van der Waals surface area contributed by atoms with Crippen molar-refractivity contribution in [3.63, 3.8) is 0 Å². The highest BCUT2D eigenvalue weighted by Gasteiger charge is 2.11. The molecule has 0 amide bonds. The number of ether oxygens (including phenoxy) is 1. The van der Waals surface area contributed by atoms with Crippen LogP contribution >= 0.6 is 0 Å². The fourth-order valence-corrected chi connectivity index (χ4v) is 1.19. The minimum absolute atomic E-state index is 0.190. The lowest BCUT2D eigenvalue weighted by Crippen LogP contribution is -2.20. The van der Waals surface area contributed by atoms with Crippen molar-refractivity contribution in [2.45, 2.75) is 13.3 Å². The summed E-state index contributed by atoms with van der Waals surface area (Å²) in [6, 6.07) is 6.42. The summed E-state index contributed by atoms with van der Waals surface area (Å²) in [6.07, 6.45) is 0.190. The highest BCUT2D eigenvalue weighted by molar-refractivity contribution is 6.33. The Morgan fingerprint density at radius 3 is 2.44 bits per heavy atom. The van der Waals surface area contributed by atoms with Crippen molar-refractivity contribution in [1.82, 2.24) is 0 Å². The van der Waals surface area contributed by atoms with E-state index in [9.17, 15) is 4.79 Å². The summed E-state index contributed by atoms with van der Waals surface area (Å²) >= 11 is 0. The zero-order valence-corrected chi connectivity index (χ0v) is 8.92. The number of carbonyl (C=O) groups is 1. The second kappa shape index (κ2) is 6.14. The third-order valence-electron chi connectivity index (χ3n) is 1.82. The van der Waals surface area contributed by atoms with E-state index in [4.69, 9.17) is 14.8 Å². The molecule has 0 aromatic heterocycles. The summed E-state index contributed by atoms with van der Waals surface area (Å²) in [5.74, 6) is 0.0287. The summed E-state index contributed by atoms with van der Waals surface area (Å²) in [6.45, 7) is 2.11. The molecule has 0 aliphatic heterocycles. The molecule has 1 rings (SSSR count). The van der Waals surface area contributed by atoms with Gasteiger partial charge in [-0.3, -0.25) is 4.79 Å². The molecule has 0 atom stereocenters. The average Bonchev–Trinajstić information content (AvgIpc) is 2.20. The normalized spacial score (nSPS) is 9.69. The first-order chi connectivity index (χ1) is 7.61. The van der Waals surface area contributed by atoms with E-state index < -0.39 is 7.32 Å². The van der Waals surface area contributed by atoms with Gasteiger partial charge in [0.25, 0.3) is 0 Å². The summed E-state index contributed by atoms with van der Waals surface area (Å²) in [4.78, 5) is 11.1. The molecule has 86 valence electrons. The van der Waals surface area contributed by atoms with Gasteiger partial charge in [0, 0.05) is 0 Å². The smallest absolute Gasteiger partial charge is 0.512 e. The van der Waals surface area contributed by atoms with Crippen molar-refractivity contribution in [2.75, 3.05) is 6.61 Å². The molecule has 0 fully saturated rings. The van der Waals surface area contributed by atoms with E-state index in [0.29, 0.717) is 12.4 Å². The van der Waals surface area contributed by atoms with Gasteiger partial charge in [0.05, 0.1) is 13.0 Å². The Hall–Kier alpha value is -1.53. The minimum Gasteiger partial charge on any atom is -0.512 e. The van der Waals surface area contributed by atoms with E-state index in [1.165, 1.54) is 0 Å². The van der Waals surface area contributed by atoms with Gasteiger partial charge in [-0.1, -0.05) is 12.1 Å². The predicted octanol–water partition coefficient (Wildman–Crippen LogP) is 0.141. The number of benzene rings is 1. The first kappa shape index (κ1) is 12.5. The fourth-order valence-electron chi connectivity index (χ4n) is 1.19. The summed E-state index contributed by atoms with van der Waals surface area (Å²) in [7, 11) is -1.84. The molecular formula is C10H13BO5. The molecule has 16 heavy (non-hydrogen) atoms. The monoisotopic (exact) mass is 224 g/mol. The van der Waals surface area contributed by atoms with E-state index in [1.807, 2.05) is 0 Å². The molecule has 0 bridgehead atoms. The molecule has 6 heteroatoms. The lowest BCUT2D eigenvalue weighted by Gasteiger charge is -2.05. The van der Waals surface area contributed by atoms with E-state index in [0.717, 1.165) is 5.56 Å². The quantitative estimate of drug-likeness (QED) is 0.549. The molecule has 0 saturated carbocycles. The predicted molar refractivity (Wildman–Crippen MR) is 57.6 cm³/mol. The van der Waals surface area contributed by atoms with Gasteiger partial charge in [-0.05, 0) is 24.6 Å². The van der Waals surface area contributed by atoms with Gasteiger partial charge in [-0.25, -0.2) is 0 Å². The van der Waals surface area contributed by atoms with Crippen molar-refractivity contribution < 1.29 is 24.2 Å². The molecule has 1 aromatic rings. The van der Waals surface area contributed by atoms with Crippen LogP contribution in [0, 0.1) is 0 Å². The molecule has 0 saturated heterocycles. The molecule has 2 N–H and O–H groups in total. The van der Waals surface area contributed by atoms with Crippen molar-refractivity contribution in [1.29, 1.82) is 0 Å². The Bertz CT molecular complexity index is 336. The van der Waals surface area contributed by atoms with Crippen molar-refractivity contribution in [3.8, 4) is 5.75 Å². The topological polar surface area (TPSA) is 76.0 Å². The zero-order chi connectivity index (χ0) is 12.0. The van der Waals surface area contributed by atoms with Crippen LogP contribution in [0.3, 0.4) is 0 Å². The van der Waals surface area contributed by atoms with Gasteiger partial charge in [0.15, 0.2) is 0 Å². The van der Waals surface area contributed by atoms with E-state index in [1.54, 1.807) is 31.2 Å². The Morgan fingerprint density at radius 1 is 1.31 bits per heavy atom. The Balaban J connectivity index is 2.54. The number of hydrogen-bond donors (Lipinski definition) is 2. The molecular weight excluding hydrogens is 211 g/mol.